The summed E-state index contributed by atoms with van der Waals surface area (Å²) in [7, 11) is 0. The molecule has 1 amide bonds. The molecule has 1 atom stereocenters. The van der Waals surface area contributed by atoms with E-state index in [4.69, 9.17) is 34.8 Å². The number of anilines is 2. The average Bonchev–Trinajstić information content (AvgIpc) is 3.10. The van der Waals surface area contributed by atoms with Gasteiger partial charge >= 0.3 is 0 Å². The predicted molar refractivity (Wildman–Crippen MR) is 112 cm³/mol. The molecule has 0 saturated carbocycles. The molecule has 2 aromatic carbocycles. The van der Waals surface area contributed by atoms with Crippen LogP contribution in [0.3, 0.4) is 0 Å². The van der Waals surface area contributed by atoms with Crippen molar-refractivity contribution in [2.24, 2.45) is 0 Å². The lowest BCUT2D eigenvalue weighted by atomic mass is 10.0. The number of halogens is 3. The van der Waals surface area contributed by atoms with E-state index in [-0.39, 0.29) is 12.0 Å². The third-order valence-electron chi connectivity index (χ3n) is 4.17. The summed E-state index contributed by atoms with van der Waals surface area (Å²) in [5.41, 5.74) is 2.90. The van der Waals surface area contributed by atoms with Crippen LogP contribution in [0.4, 0.5) is 11.9 Å². The van der Waals surface area contributed by atoms with Crippen LogP contribution >= 0.6 is 34.8 Å². The monoisotopic (exact) mass is 433 g/mol. The van der Waals surface area contributed by atoms with Crippen molar-refractivity contribution < 1.29 is 4.79 Å². The molecule has 0 bridgehead atoms. The minimum absolute atomic E-state index is 0.0440. The molecule has 2 heterocycles. The van der Waals surface area contributed by atoms with Crippen LogP contribution in [0.25, 0.3) is 5.70 Å². The number of amides is 1. The zero-order valence-electron chi connectivity index (χ0n) is 14.3. The van der Waals surface area contributed by atoms with E-state index < -0.39 is 9.70 Å². The van der Waals surface area contributed by atoms with E-state index in [1.165, 1.54) is 0 Å². The van der Waals surface area contributed by atoms with E-state index in [0.29, 0.717) is 5.95 Å². The number of carbonyl (C=O) groups is 1. The first-order valence-corrected chi connectivity index (χ1v) is 9.49. The average molecular weight is 435 g/mol. The van der Waals surface area contributed by atoms with Crippen LogP contribution in [0.1, 0.15) is 17.2 Å². The van der Waals surface area contributed by atoms with Gasteiger partial charge in [-0.25, -0.2) is 4.68 Å². The summed E-state index contributed by atoms with van der Waals surface area (Å²) in [5, 5.41) is 10.1. The largest absolute Gasteiger partial charge is 0.324 e. The first-order valence-electron chi connectivity index (χ1n) is 8.36. The standard InChI is InChI=1S/C19H14Cl3N5O/c20-19(21,22)16(28)24-17-25-18-23-14(12-7-3-1-4-8-12)11-15(27(18)26-17)13-9-5-2-6-10-13/h1-11,15H,(H2,23,24,25,26,28)/t15-/m1/s1. The highest BCUT2D eigenvalue weighted by Crippen LogP contribution is 2.33. The van der Waals surface area contributed by atoms with Crippen LogP contribution < -0.4 is 10.6 Å². The van der Waals surface area contributed by atoms with E-state index in [1.54, 1.807) is 4.68 Å². The van der Waals surface area contributed by atoms with E-state index in [2.05, 4.69) is 20.7 Å². The van der Waals surface area contributed by atoms with Gasteiger partial charge in [-0.05, 0) is 17.2 Å². The fraction of sp³-hybridized carbons (Fsp3) is 0.105. The fourth-order valence-electron chi connectivity index (χ4n) is 2.89. The second kappa shape index (κ2) is 7.47. The summed E-state index contributed by atoms with van der Waals surface area (Å²) in [6.45, 7) is 0. The number of allylic oxidation sites excluding steroid dienone is 1. The molecule has 2 N–H and O–H groups in total. The summed E-state index contributed by atoms with van der Waals surface area (Å²) >= 11 is 16.9. The maximum Gasteiger partial charge on any atom is 0.278 e. The van der Waals surface area contributed by atoms with Gasteiger partial charge in [0.25, 0.3) is 15.6 Å². The molecule has 0 radical (unpaired) electrons. The quantitative estimate of drug-likeness (QED) is 0.589. The molecule has 142 valence electrons. The van der Waals surface area contributed by atoms with Crippen molar-refractivity contribution in [1.29, 1.82) is 0 Å². The number of nitrogens with one attached hydrogen (secondary N) is 2. The summed E-state index contributed by atoms with van der Waals surface area (Å²) in [5.74, 6) is -0.315. The Bertz CT molecular complexity index is 1030. The number of alkyl halides is 3. The number of nitrogens with zero attached hydrogens (tertiary/aromatic N) is 3. The van der Waals surface area contributed by atoms with Gasteiger partial charge in [0.2, 0.25) is 5.95 Å². The van der Waals surface area contributed by atoms with Crippen molar-refractivity contribution in [1.82, 2.24) is 14.8 Å². The molecule has 0 aliphatic carbocycles. The number of hydrogen-bond acceptors (Lipinski definition) is 4. The van der Waals surface area contributed by atoms with Gasteiger partial charge < -0.3 is 5.32 Å². The third-order valence-corrected chi connectivity index (χ3v) is 4.69. The lowest BCUT2D eigenvalue weighted by Crippen LogP contribution is -2.27. The maximum atomic E-state index is 12.0. The second-order valence-corrected chi connectivity index (χ2v) is 8.36. The summed E-state index contributed by atoms with van der Waals surface area (Å²) < 4.78 is -0.429. The van der Waals surface area contributed by atoms with E-state index in [9.17, 15) is 4.79 Å². The molecular weight excluding hydrogens is 421 g/mol. The van der Waals surface area contributed by atoms with Crippen LogP contribution in [-0.2, 0) is 4.79 Å². The minimum Gasteiger partial charge on any atom is -0.324 e. The van der Waals surface area contributed by atoms with Crippen LogP contribution in [0.2, 0.25) is 0 Å². The Kier molecular flexibility index (Phi) is 5.02. The van der Waals surface area contributed by atoms with E-state index in [1.807, 2.05) is 66.7 Å². The fourth-order valence-corrected chi connectivity index (χ4v) is 3.03. The highest BCUT2D eigenvalue weighted by Gasteiger charge is 2.33. The molecule has 9 heteroatoms. The van der Waals surface area contributed by atoms with Crippen LogP contribution in [0.15, 0.2) is 66.7 Å². The van der Waals surface area contributed by atoms with Gasteiger partial charge in [-0.3, -0.25) is 10.1 Å². The number of benzene rings is 2. The zero-order valence-corrected chi connectivity index (χ0v) is 16.6. The molecule has 3 aromatic rings. The Morgan fingerprint density at radius 1 is 1.04 bits per heavy atom. The smallest absolute Gasteiger partial charge is 0.278 e. The van der Waals surface area contributed by atoms with Gasteiger partial charge in [0.1, 0.15) is 6.04 Å². The van der Waals surface area contributed by atoms with E-state index >= 15 is 0 Å². The van der Waals surface area contributed by atoms with Crippen LogP contribution in [0, 0.1) is 0 Å². The number of hydrogen-bond donors (Lipinski definition) is 2. The molecule has 1 aliphatic heterocycles. The van der Waals surface area contributed by atoms with Crippen molar-refractivity contribution in [3.63, 3.8) is 0 Å². The molecule has 1 aliphatic rings. The number of carbonyl (C=O) groups excluding carboxylic acids is 1. The van der Waals surface area contributed by atoms with Crippen LogP contribution in [0.5, 0.6) is 0 Å². The molecule has 0 fully saturated rings. The number of rotatable bonds is 3. The van der Waals surface area contributed by atoms with Crippen molar-refractivity contribution >= 4 is 58.3 Å². The van der Waals surface area contributed by atoms with Crippen molar-refractivity contribution in [2.45, 2.75) is 9.83 Å². The number of fused-ring (bicyclic) bond motifs is 1. The van der Waals surface area contributed by atoms with Crippen LogP contribution in [-0.4, -0.2) is 24.5 Å². The normalized spacial score (nSPS) is 16.0. The minimum atomic E-state index is -2.11. The lowest BCUT2D eigenvalue weighted by molar-refractivity contribution is -0.115. The van der Waals surface area contributed by atoms with Gasteiger partial charge in [0.05, 0.1) is 0 Å². The Morgan fingerprint density at radius 3 is 2.32 bits per heavy atom. The Hall–Kier alpha value is -2.54. The van der Waals surface area contributed by atoms with Gasteiger partial charge in [0, 0.05) is 5.70 Å². The predicted octanol–water partition coefficient (Wildman–Crippen LogP) is 4.64. The molecule has 0 unspecified atom stereocenters. The summed E-state index contributed by atoms with van der Waals surface area (Å²) in [6, 6.07) is 19.5. The molecule has 0 saturated heterocycles. The van der Waals surface area contributed by atoms with Gasteiger partial charge in [-0.15, -0.1) is 5.10 Å². The Morgan fingerprint density at radius 2 is 1.68 bits per heavy atom. The van der Waals surface area contributed by atoms with Crippen molar-refractivity contribution in [3.8, 4) is 0 Å². The molecule has 1 aromatic heterocycles. The lowest BCUT2D eigenvalue weighted by Gasteiger charge is -2.24. The first-order chi connectivity index (χ1) is 13.4. The zero-order chi connectivity index (χ0) is 19.7. The van der Waals surface area contributed by atoms with E-state index in [0.717, 1.165) is 16.8 Å². The third kappa shape index (κ3) is 3.85. The van der Waals surface area contributed by atoms with Gasteiger partial charge in [-0.2, -0.15) is 4.98 Å². The molecule has 4 rings (SSSR count). The second-order valence-electron chi connectivity index (χ2n) is 6.08. The molecule has 6 nitrogen and oxygen atoms in total. The SMILES string of the molecule is O=C(Nc1nc2n(n1)[C@@H](c1ccccc1)C=C(c1ccccc1)N2)C(Cl)(Cl)Cl. The highest BCUT2D eigenvalue weighted by atomic mass is 35.6. The Labute approximate surface area is 176 Å². The Balaban J connectivity index is 1.74. The van der Waals surface area contributed by atoms with Crippen molar-refractivity contribution in [3.05, 3.63) is 77.9 Å². The topological polar surface area (TPSA) is 71.8 Å². The molecular formula is C19H14Cl3N5O. The first kappa shape index (κ1) is 18.8. The molecule has 28 heavy (non-hydrogen) atoms. The highest BCUT2D eigenvalue weighted by molar-refractivity contribution is 6.76. The molecule has 0 spiro atoms. The maximum absolute atomic E-state index is 12.0. The summed E-state index contributed by atoms with van der Waals surface area (Å²) in [4.78, 5) is 16.3. The van der Waals surface area contributed by atoms with Crippen molar-refractivity contribution in [2.75, 3.05) is 10.6 Å². The summed E-state index contributed by atoms with van der Waals surface area (Å²) in [6.07, 6.45) is 2.05. The number of aromatic nitrogens is 3. The van der Waals surface area contributed by atoms with Gasteiger partial charge in [-0.1, -0.05) is 95.5 Å². The van der Waals surface area contributed by atoms with Gasteiger partial charge in [0.15, 0.2) is 0 Å².